The van der Waals surface area contributed by atoms with E-state index in [0.717, 1.165) is 19.5 Å². The number of hydrogen-bond acceptors (Lipinski definition) is 2. The van der Waals surface area contributed by atoms with Gasteiger partial charge in [-0.05, 0) is 43.4 Å². The van der Waals surface area contributed by atoms with Gasteiger partial charge in [0.25, 0.3) is 5.91 Å². The quantitative estimate of drug-likeness (QED) is 0.832. The van der Waals surface area contributed by atoms with Crippen molar-refractivity contribution in [2.24, 2.45) is 5.92 Å². The van der Waals surface area contributed by atoms with E-state index in [-0.39, 0.29) is 5.91 Å². The predicted molar refractivity (Wildman–Crippen MR) is 83.6 cm³/mol. The molecule has 0 aliphatic heterocycles. The van der Waals surface area contributed by atoms with Crippen molar-refractivity contribution in [2.75, 3.05) is 18.8 Å². The molecule has 1 aromatic rings. The van der Waals surface area contributed by atoms with Crippen LogP contribution in [0.3, 0.4) is 0 Å². The van der Waals surface area contributed by atoms with Gasteiger partial charge in [-0.1, -0.05) is 32.3 Å². The van der Waals surface area contributed by atoms with Gasteiger partial charge in [-0.15, -0.1) is 0 Å². The highest BCUT2D eigenvalue weighted by Gasteiger charge is 2.21. The summed E-state index contributed by atoms with van der Waals surface area (Å²) in [7, 11) is 0. The molecule has 1 aliphatic carbocycles. The Bertz CT molecular complexity index is 438. The standard InChI is InChI=1S/C17H26N2O/c1-2-11-19(13-14-7-4-3-5-8-14)17(20)15-9-6-10-16(18)12-15/h6,9-10,12,14H,2-5,7-8,11,13,18H2,1H3. The third-order valence-electron chi connectivity index (χ3n) is 4.12. The normalized spacial score (nSPS) is 16.1. The van der Waals surface area contributed by atoms with Gasteiger partial charge in [0.05, 0.1) is 0 Å². The van der Waals surface area contributed by atoms with Crippen LogP contribution >= 0.6 is 0 Å². The van der Waals surface area contributed by atoms with Crippen LogP contribution in [-0.2, 0) is 0 Å². The van der Waals surface area contributed by atoms with E-state index < -0.39 is 0 Å². The van der Waals surface area contributed by atoms with Gasteiger partial charge in [0.15, 0.2) is 0 Å². The Hall–Kier alpha value is -1.51. The first-order valence-corrected chi connectivity index (χ1v) is 7.85. The summed E-state index contributed by atoms with van der Waals surface area (Å²) in [4.78, 5) is 14.6. The minimum absolute atomic E-state index is 0.129. The summed E-state index contributed by atoms with van der Waals surface area (Å²) in [6, 6.07) is 7.32. The minimum atomic E-state index is 0.129. The SMILES string of the molecule is CCCN(CC1CCCCC1)C(=O)c1cccc(N)c1. The van der Waals surface area contributed by atoms with Crippen LogP contribution < -0.4 is 5.73 Å². The van der Waals surface area contributed by atoms with E-state index in [1.807, 2.05) is 23.1 Å². The molecule has 0 spiro atoms. The number of nitrogens with zero attached hydrogens (tertiary/aromatic N) is 1. The van der Waals surface area contributed by atoms with Crippen LogP contribution in [-0.4, -0.2) is 23.9 Å². The highest BCUT2D eigenvalue weighted by Crippen LogP contribution is 2.25. The maximum absolute atomic E-state index is 12.6. The number of nitrogens with two attached hydrogens (primary N) is 1. The molecule has 1 fully saturated rings. The molecular weight excluding hydrogens is 248 g/mol. The van der Waals surface area contributed by atoms with Gasteiger partial charge in [0, 0.05) is 24.3 Å². The van der Waals surface area contributed by atoms with Crippen LogP contribution in [0.15, 0.2) is 24.3 Å². The van der Waals surface area contributed by atoms with Crippen LogP contribution in [0.4, 0.5) is 5.69 Å². The smallest absolute Gasteiger partial charge is 0.253 e. The van der Waals surface area contributed by atoms with Crippen molar-refractivity contribution in [3.8, 4) is 0 Å². The fourth-order valence-corrected chi connectivity index (χ4v) is 3.08. The number of anilines is 1. The first kappa shape index (κ1) is 14.9. The van der Waals surface area contributed by atoms with Crippen molar-refractivity contribution < 1.29 is 4.79 Å². The molecule has 0 saturated heterocycles. The summed E-state index contributed by atoms with van der Waals surface area (Å²) in [6.45, 7) is 3.87. The number of rotatable bonds is 5. The van der Waals surface area contributed by atoms with Gasteiger partial charge in [-0.3, -0.25) is 4.79 Å². The second-order valence-corrected chi connectivity index (χ2v) is 5.88. The Labute approximate surface area is 122 Å². The predicted octanol–water partition coefficient (Wildman–Crippen LogP) is 3.70. The van der Waals surface area contributed by atoms with Gasteiger partial charge in [-0.25, -0.2) is 0 Å². The van der Waals surface area contributed by atoms with Gasteiger partial charge < -0.3 is 10.6 Å². The Kier molecular flexibility index (Phi) is 5.45. The van der Waals surface area contributed by atoms with E-state index >= 15 is 0 Å². The Morgan fingerprint density at radius 2 is 2.05 bits per heavy atom. The summed E-state index contributed by atoms with van der Waals surface area (Å²) < 4.78 is 0. The van der Waals surface area contributed by atoms with E-state index in [1.165, 1.54) is 32.1 Å². The Morgan fingerprint density at radius 3 is 2.70 bits per heavy atom. The molecule has 0 aromatic heterocycles. The summed E-state index contributed by atoms with van der Waals surface area (Å²) in [5.74, 6) is 0.810. The summed E-state index contributed by atoms with van der Waals surface area (Å²) in [6.07, 6.45) is 7.53. The molecule has 0 radical (unpaired) electrons. The van der Waals surface area contributed by atoms with Crippen molar-refractivity contribution in [3.05, 3.63) is 29.8 Å². The fraction of sp³-hybridized carbons (Fsp3) is 0.588. The average molecular weight is 274 g/mol. The molecule has 0 heterocycles. The highest BCUT2D eigenvalue weighted by atomic mass is 16.2. The lowest BCUT2D eigenvalue weighted by Crippen LogP contribution is -2.36. The molecular formula is C17H26N2O. The van der Waals surface area contributed by atoms with Crippen molar-refractivity contribution in [3.63, 3.8) is 0 Å². The molecule has 20 heavy (non-hydrogen) atoms. The van der Waals surface area contributed by atoms with Crippen molar-refractivity contribution >= 4 is 11.6 Å². The topological polar surface area (TPSA) is 46.3 Å². The molecule has 1 saturated carbocycles. The Balaban J connectivity index is 2.04. The van der Waals surface area contributed by atoms with Crippen LogP contribution in [0, 0.1) is 5.92 Å². The lowest BCUT2D eigenvalue weighted by atomic mass is 9.89. The molecule has 1 aromatic carbocycles. The van der Waals surface area contributed by atoms with E-state index in [0.29, 0.717) is 17.2 Å². The van der Waals surface area contributed by atoms with E-state index in [4.69, 9.17) is 5.73 Å². The van der Waals surface area contributed by atoms with Gasteiger partial charge in [0.1, 0.15) is 0 Å². The maximum Gasteiger partial charge on any atom is 0.253 e. The van der Waals surface area contributed by atoms with Gasteiger partial charge >= 0.3 is 0 Å². The lowest BCUT2D eigenvalue weighted by Gasteiger charge is -2.29. The molecule has 0 unspecified atom stereocenters. The van der Waals surface area contributed by atoms with Gasteiger partial charge in [0.2, 0.25) is 0 Å². The van der Waals surface area contributed by atoms with Crippen LogP contribution in [0.1, 0.15) is 55.8 Å². The molecule has 0 bridgehead atoms. The van der Waals surface area contributed by atoms with E-state index in [9.17, 15) is 4.79 Å². The number of hydrogen-bond donors (Lipinski definition) is 1. The maximum atomic E-state index is 12.6. The largest absolute Gasteiger partial charge is 0.399 e. The van der Waals surface area contributed by atoms with Crippen LogP contribution in [0.2, 0.25) is 0 Å². The monoisotopic (exact) mass is 274 g/mol. The molecule has 2 N–H and O–H groups in total. The van der Waals surface area contributed by atoms with E-state index in [2.05, 4.69) is 6.92 Å². The molecule has 3 nitrogen and oxygen atoms in total. The third kappa shape index (κ3) is 3.99. The second-order valence-electron chi connectivity index (χ2n) is 5.88. The van der Waals surface area contributed by atoms with Crippen molar-refractivity contribution in [2.45, 2.75) is 45.4 Å². The number of carbonyl (C=O) groups excluding carboxylic acids is 1. The molecule has 1 aliphatic rings. The summed E-state index contributed by atoms with van der Waals surface area (Å²) in [5, 5.41) is 0. The average Bonchev–Trinajstić information content (AvgIpc) is 2.47. The lowest BCUT2D eigenvalue weighted by molar-refractivity contribution is 0.0714. The minimum Gasteiger partial charge on any atom is -0.399 e. The first-order valence-electron chi connectivity index (χ1n) is 7.85. The zero-order valence-corrected chi connectivity index (χ0v) is 12.5. The molecule has 0 atom stereocenters. The highest BCUT2D eigenvalue weighted by molar-refractivity contribution is 5.95. The van der Waals surface area contributed by atoms with Gasteiger partial charge in [-0.2, -0.15) is 0 Å². The number of amides is 1. The number of benzene rings is 1. The second kappa shape index (κ2) is 7.32. The Morgan fingerprint density at radius 1 is 1.30 bits per heavy atom. The molecule has 110 valence electrons. The number of nitrogen functional groups attached to an aromatic ring is 1. The zero-order valence-electron chi connectivity index (χ0n) is 12.5. The molecule has 2 rings (SSSR count). The van der Waals surface area contributed by atoms with E-state index in [1.54, 1.807) is 6.07 Å². The van der Waals surface area contributed by atoms with Crippen molar-refractivity contribution in [1.29, 1.82) is 0 Å². The fourth-order valence-electron chi connectivity index (χ4n) is 3.08. The first-order chi connectivity index (χ1) is 9.70. The molecule has 3 heteroatoms. The van der Waals surface area contributed by atoms with Crippen molar-refractivity contribution in [1.82, 2.24) is 4.90 Å². The molecule has 1 amide bonds. The summed E-state index contributed by atoms with van der Waals surface area (Å²) in [5.41, 5.74) is 7.16. The third-order valence-corrected chi connectivity index (χ3v) is 4.12. The zero-order chi connectivity index (χ0) is 14.4. The number of carbonyl (C=O) groups is 1. The summed E-state index contributed by atoms with van der Waals surface area (Å²) >= 11 is 0. The van der Waals surface area contributed by atoms with Crippen LogP contribution in [0.25, 0.3) is 0 Å². The van der Waals surface area contributed by atoms with Crippen LogP contribution in [0.5, 0.6) is 0 Å².